The van der Waals surface area contributed by atoms with Crippen LogP contribution >= 0.6 is 0 Å². The maximum Gasteiger partial charge on any atom is 0.438 e. The summed E-state index contributed by atoms with van der Waals surface area (Å²) in [5, 5.41) is 0. The molecular formula is C34H35F6O5S2+. The van der Waals surface area contributed by atoms with Crippen molar-refractivity contribution in [2.75, 3.05) is 5.75 Å². The monoisotopic (exact) mass is 701 g/mol. The van der Waals surface area contributed by atoms with Crippen molar-refractivity contribution in [2.45, 2.75) is 77.6 Å². The summed E-state index contributed by atoms with van der Waals surface area (Å²) in [4.78, 5) is 16.3. The molecular weight excluding hydrogens is 666 g/mol. The van der Waals surface area contributed by atoms with Gasteiger partial charge in [0.05, 0.1) is 17.3 Å². The summed E-state index contributed by atoms with van der Waals surface area (Å²) in [6, 6.07) is 32.2. The number of esters is 1. The summed E-state index contributed by atoms with van der Waals surface area (Å²) in [5.74, 6) is -3.69. The van der Waals surface area contributed by atoms with Crippen molar-refractivity contribution in [1.82, 2.24) is 0 Å². The summed E-state index contributed by atoms with van der Waals surface area (Å²) >= 11 is 0. The molecule has 1 N–H and O–H groups in total. The maximum atomic E-state index is 13.3. The third kappa shape index (κ3) is 8.17. The van der Waals surface area contributed by atoms with E-state index in [4.69, 9.17) is 4.55 Å². The largest absolute Gasteiger partial charge is 0.438 e. The smallest absolute Gasteiger partial charge is 0.438 e. The second-order valence-electron chi connectivity index (χ2n) is 12.9. The Balaban J connectivity index is 0.000000198. The lowest BCUT2D eigenvalue weighted by molar-refractivity contribution is -0.362. The lowest BCUT2D eigenvalue weighted by Crippen LogP contribution is -2.63. The zero-order chi connectivity index (χ0) is 34.1. The van der Waals surface area contributed by atoms with Crippen molar-refractivity contribution in [3.05, 3.63) is 91.0 Å². The molecule has 0 radical (unpaired) electrons. The Hall–Kier alpha value is -3.03. The summed E-state index contributed by atoms with van der Waals surface area (Å²) < 4.78 is 114. The molecule has 13 heteroatoms. The quantitative estimate of drug-likeness (QED) is 0.110. The molecule has 0 spiro atoms. The molecule has 0 aromatic heterocycles. The number of carbonyl (C=O) groups excluding carboxylic acids is 1. The van der Waals surface area contributed by atoms with Crippen LogP contribution in [-0.4, -0.2) is 42.6 Å². The molecule has 0 unspecified atom stereocenters. The van der Waals surface area contributed by atoms with E-state index >= 15 is 0 Å². The first kappa shape index (κ1) is 35.3. The van der Waals surface area contributed by atoms with Crippen LogP contribution in [0.5, 0.6) is 0 Å². The predicted molar refractivity (Wildman–Crippen MR) is 164 cm³/mol. The number of alkyl halides is 6. The number of ether oxygens (including phenoxy) is 1. The standard InChI is InChI=1S/C18H15S.C16H20F6O5S/c1-4-10-16(11-5-1)19(17-12-6-2-7-13-17)18-14-8-3-9-15-18;17-15(18,19)14(16(20,21)22,8-28(24,25)26)27-12(23)7-13-4-9-1-10(5-13)3-11(2-9)6-13/h1-15H;9-11H,1-8H2,(H,24,25,26)/q+1;. The van der Waals surface area contributed by atoms with Crippen LogP contribution in [-0.2, 0) is 30.5 Å². The van der Waals surface area contributed by atoms with Crippen LogP contribution in [0.25, 0.3) is 0 Å². The highest BCUT2D eigenvalue weighted by molar-refractivity contribution is 7.97. The van der Waals surface area contributed by atoms with Crippen molar-refractivity contribution in [3.8, 4) is 0 Å². The van der Waals surface area contributed by atoms with E-state index in [-0.39, 0.29) is 10.9 Å². The topological polar surface area (TPSA) is 80.7 Å². The third-order valence-electron chi connectivity index (χ3n) is 9.21. The first-order valence-corrected chi connectivity index (χ1v) is 18.0. The number of carbonyl (C=O) groups is 1. The van der Waals surface area contributed by atoms with Crippen molar-refractivity contribution in [1.29, 1.82) is 0 Å². The van der Waals surface area contributed by atoms with Crippen LogP contribution < -0.4 is 0 Å². The van der Waals surface area contributed by atoms with E-state index in [0.29, 0.717) is 37.0 Å². The number of rotatable bonds is 8. The Morgan fingerprint density at radius 2 is 1.04 bits per heavy atom. The van der Waals surface area contributed by atoms with E-state index in [1.807, 2.05) is 0 Å². The first-order valence-electron chi connectivity index (χ1n) is 15.2. The molecule has 3 aromatic rings. The van der Waals surface area contributed by atoms with Gasteiger partial charge in [-0.2, -0.15) is 34.8 Å². The zero-order valence-electron chi connectivity index (χ0n) is 25.2. The van der Waals surface area contributed by atoms with E-state index in [1.54, 1.807) is 0 Å². The molecule has 5 nitrogen and oxygen atoms in total. The normalized spacial score (nSPS) is 24.0. The van der Waals surface area contributed by atoms with Gasteiger partial charge in [0, 0.05) is 0 Å². The van der Waals surface area contributed by atoms with Crippen molar-refractivity contribution < 1.29 is 48.8 Å². The molecule has 0 aliphatic heterocycles. The minimum atomic E-state index is -6.28. The Kier molecular flexibility index (Phi) is 10.1. The van der Waals surface area contributed by atoms with Crippen molar-refractivity contribution in [2.24, 2.45) is 23.2 Å². The van der Waals surface area contributed by atoms with Gasteiger partial charge in [-0.25, -0.2) is 0 Å². The lowest BCUT2D eigenvalue weighted by atomic mass is 9.49. The van der Waals surface area contributed by atoms with Gasteiger partial charge in [-0.3, -0.25) is 9.35 Å². The van der Waals surface area contributed by atoms with Gasteiger partial charge in [0.1, 0.15) is 5.75 Å². The fraction of sp³-hybridized carbons (Fsp3) is 0.441. The number of halogens is 6. The molecule has 4 aliphatic rings. The third-order valence-corrected chi connectivity index (χ3v) is 12.2. The summed E-state index contributed by atoms with van der Waals surface area (Å²) in [6.45, 7) is 0. The Morgan fingerprint density at radius 1 is 0.702 bits per heavy atom. The lowest BCUT2D eigenvalue weighted by Gasteiger charge is -2.56. The molecule has 4 fully saturated rings. The molecule has 4 aliphatic carbocycles. The van der Waals surface area contributed by atoms with E-state index in [2.05, 4.69) is 95.7 Å². The molecule has 254 valence electrons. The van der Waals surface area contributed by atoms with Gasteiger partial charge in [-0.1, -0.05) is 54.6 Å². The zero-order valence-corrected chi connectivity index (χ0v) is 26.8. The van der Waals surface area contributed by atoms with E-state index in [1.165, 1.54) is 14.7 Å². The SMILES string of the molecule is O=C(CC12CC3CC(CC(C3)C1)C2)OC(CS(=O)(=O)O)(C(F)(F)F)C(F)(F)F.c1ccc([S+](c2ccccc2)c2ccccc2)cc1. The summed E-state index contributed by atoms with van der Waals surface area (Å²) in [6.07, 6.45) is -8.72. The van der Waals surface area contributed by atoms with Crippen LogP contribution in [0, 0.1) is 23.2 Å². The van der Waals surface area contributed by atoms with E-state index in [9.17, 15) is 39.6 Å². The van der Waals surface area contributed by atoms with Gasteiger partial charge in [0.25, 0.3) is 10.1 Å². The highest BCUT2D eigenvalue weighted by Gasteiger charge is 2.76. The average Bonchev–Trinajstić information content (AvgIpc) is 2.96. The highest BCUT2D eigenvalue weighted by Crippen LogP contribution is 2.61. The van der Waals surface area contributed by atoms with Crippen LogP contribution in [0.15, 0.2) is 106 Å². The molecule has 0 amide bonds. The average molecular weight is 702 g/mol. The number of hydrogen-bond donors (Lipinski definition) is 1. The second-order valence-corrected chi connectivity index (χ2v) is 16.3. The van der Waals surface area contributed by atoms with Crippen molar-refractivity contribution in [3.63, 3.8) is 0 Å². The van der Waals surface area contributed by atoms with Gasteiger partial charge in [0.15, 0.2) is 14.7 Å². The second kappa shape index (κ2) is 13.5. The molecule has 7 rings (SSSR count). The van der Waals surface area contributed by atoms with Crippen LogP contribution in [0.1, 0.15) is 44.9 Å². The van der Waals surface area contributed by atoms with Gasteiger partial charge in [-0.15, -0.1) is 0 Å². The Bertz CT molecular complexity index is 1470. The fourth-order valence-electron chi connectivity index (χ4n) is 7.85. The highest BCUT2D eigenvalue weighted by atomic mass is 32.2. The molecule has 4 saturated carbocycles. The Morgan fingerprint density at radius 3 is 1.34 bits per heavy atom. The van der Waals surface area contributed by atoms with E-state index in [0.717, 1.165) is 19.3 Å². The maximum absolute atomic E-state index is 13.3. The molecule has 0 saturated heterocycles. The van der Waals surface area contributed by atoms with Crippen LogP contribution in [0.2, 0.25) is 0 Å². The molecule has 0 heterocycles. The van der Waals surface area contributed by atoms with Gasteiger partial charge in [0.2, 0.25) is 0 Å². The van der Waals surface area contributed by atoms with Gasteiger partial charge >= 0.3 is 23.9 Å². The van der Waals surface area contributed by atoms with Gasteiger partial charge in [-0.05, 0) is 98.1 Å². The Labute approximate surface area is 272 Å². The van der Waals surface area contributed by atoms with Crippen LogP contribution in [0.3, 0.4) is 0 Å². The summed E-state index contributed by atoms with van der Waals surface area (Å²) in [7, 11) is -5.78. The molecule has 0 atom stereocenters. The fourth-order valence-corrected chi connectivity index (χ4v) is 10.9. The molecule has 4 bridgehead atoms. The molecule has 3 aromatic carbocycles. The van der Waals surface area contributed by atoms with Crippen LogP contribution in [0.4, 0.5) is 26.3 Å². The first-order chi connectivity index (χ1) is 22.0. The molecule has 47 heavy (non-hydrogen) atoms. The number of benzene rings is 3. The van der Waals surface area contributed by atoms with Crippen molar-refractivity contribution >= 4 is 27.0 Å². The predicted octanol–water partition coefficient (Wildman–Crippen LogP) is 8.67. The van der Waals surface area contributed by atoms with E-state index < -0.39 is 51.6 Å². The number of hydrogen-bond acceptors (Lipinski definition) is 4. The van der Waals surface area contributed by atoms with Gasteiger partial charge < -0.3 is 4.74 Å². The minimum Gasteiger partial charge on any atom is -0.438 e. The minimum absolute atomic E-state index is 0.0146. The summed E-state index contributed by atoms with van der Waals surface area (Å²) in [5.41, 5.74) is -6.01.